The topological polar surface area (TPSA) is 37.4 Å². The molecule has 1 aromatic rings. The molecule has 4 rings (SSSR count). The van der Waals surface area contributed by atoms with Gasteiger partial charge in [-0.1, -0.05) is 35.4 Å². The van der Waals surface area contributed by atoms with E-state index in [-0.39, 0.29) is 29.6 Å². The lowest BCUT2D eigenvalue weighted by molar-refractivity contribution is -0.127. The Labute approximate surface area is 132 Å². The number of allylic oxidation sites excluding steroid dienone is 2. The number of benzene rings is 1. The predicted molar refractivity (Wildman–Crippen MR) is 81.3 cm³/mol. The Morgan fingerprint density at radius 3 is 2.62 bits per heavy atom. The zero-order chi connectivity index (χ0) is 14.9. The summed E-state index contributed by atoms with van der Waals surface area (Å²) in [4.78, 5) is 27.0. The van der Waals surface area contributed by atoms with E-state index in [2.05, 4.69) is 12.2 Å². The predicted octanol–water partition coefficient (Wildman–Crippen LogP) is 3.70. The second kappa shape index (κ2) is 4.11. The van der Waals surface area contributed by atoms with Gasteiger partial charge in [0.15, 0.2) is 0 Å². The summed E-state index contributed by atoms with van der Waals surface area (Å²) in [6.45, 7) is 1.92. The highest BCUT2D eigenvalue weighted by Gasteiger charge is 2.67. The highest BCUT2D eigenvalue weighted by atomic mass is 35.5. The molecule has 2 aliphatic carbocycles. The summed E-state index contributed by atoms with van der Waals surface area (Å²) < 4.78 is 0. The number of halogens is 2. The molecule has 1 aliphatic heterocycles. The SMILES string of the molecule is C[C@@]12C(=O)N(c3ccc(Cl)c(Cl)c3)C(=O)[C@H]1[C@H]1C=C[C@H]2C1. The fourth-order valence-corrected chi connectivity index (χ4v) is 4.47. The average molecular weight is 322 g/mol. The number of hydrogen-bond acceptors (Lipinski definition) is 2. The summed E-state index contributed by atoms with van der Waals surface area (Å²) in [5.41, 5.74) is -0.0998. The largest absolute Gasteiger partial charge is 0.274 e. The van der Waals surface area contributed by atoms with Crippen LogP contribution in [0.1, 0.15) is 13.3 Å². The molecule has 1 saturated heterocycles. The number of carbonyl (C=O) groups excluding carboxylic acids is 2. The molecular formula is C16H13Cl2NO2. The van der Waals surface area contributed by atoms with Gasteiger partial charge in [-0.15, -0.1) is 0 Å². The van der Waals surface area contributed by atoms with Crippen molar-refractivity contribution in [2.24, 2.45) is 23.2 Å². The van der Waals surface area contributed by atoms with Gasteiger partial charge < -0.3 is 0 Å². The lowest BCUT2D eigenvalue weighted by atomic mass is 9.71. The van der Waals surface area contributed by atoms with E-state index in [1.54, 1.807) is 18.2 Å². The molecule has 1 heterocycles. The van der Waals surface area contributed by atoms with Crippen LogP contribution in [-0.4, -0.2) is 11.8 Å². The van der Waals surface area contributed by atoms with Crippen molar-refractivity contribution in [3.8, 4) is 0 Å². The van der Waals surface area contributed by atoms with E-state index < -0.39 is 5.41 Å². The van der Waals surface area contributed by atoms with E-state index in [0.29, 0.717) is 15.7 Å². The second-order valence-electron chi connectivity index (χ2n) is 6.23. The molecule has 4 atom stereocenters. The number of nitrogens with zero attached hydrogens (tertiary/aromatic N) is 1. The third kappa shape index (κ3) is 1.51. The number of anilines is 1. The van der Waals surface area contributed by atoms with E-state index in [0.717, 1.165) is 6.42 Å². The molecule has 0 unspecified atom stereocenters. The monoisotopic (exact) mass is 321 g/mol. The molecule has 2 fully saturated rings. The third-order valence-corrected chi connectivity index (χ3v) is 6.01. The van der Waals surface area contributed by atoms with E-state index in [1.807, 2.05) is 6.92 Å². The highest BCUT2D eigenvalue weighted by Crippen LogP contribution is 2.60. The molecule has 5 heteroatoms. The molecule has 1 saturated carbocycles. The Bertz CT molecular complexity index is 714. The minimum Gasteiger partial charge on any atom is -0.274 e. The van der Waals surface area contributed by atoms with Crippen LogP contribution in [0, 0.1) is 23.2 Å². The van der Waals surface area contributed by atoms with Gasteiger partial charge in [-0.2, -0.15) is 0 Å². The van der Waals surface area contributed by atoms with Gasteiger partial charge in [-0.3, -0.25) is 9.59 Å². The van der Waals surface area contributed by atoms with Crippen LogP contribution < -0.4 is 4.90 Å². The first-order valence-corrected chi connectivity index (χ1v) is 7.72. The Morgan fingerprint density at radius 2 is 1.95 bits per heavy atom. The van der Waals surface area contributed by atoms with Gasteiger partial charge >= 0.3 is 0 Å². The lowest BCUT2D eigenvalue weighted by Crippen LogP contribution is -2.37. The number of amides is 2. The van der Waals surface area contributed by atoms with Crippen LogP contribution >= 0.6 is 23.2 Å². The average Bonchev–Trinajstić information content (AvgIpc) is 3.07. The maximum absolute atomic E-state index is 12.9. The van der Waals surface area contributed by atoms with Crippen LogP contribution in [0.3, 0.4) is 0 Å². The minimum absolute atomic E-state index is 0.113. The standard InChI is InChI=1S/C16H13Cl2NO2/c1-16-9-3-2-8(6-9)13(16)14(20)19(15(16)21)10-4-5-11(17)12(18)7-10/h2-5,7-9,13H,6H2,1H3/t8-,9-,13+,16-/m0/s1. The van der Waals surface area contributed by atoms with Crippen LogP contribution in [0.2, 0.25) is 10.0 Å². The molecule has 108 valence electrons. The number of hydrogen-bond donors (Lipinski definition) is 0. The summed E-state index contributed by atoms with van der Waals surface area (Å²) in [5.74, 6) is -0.124. The van der Waals surface area contributed by atoms with Gasteiger partial charge in [-0.25, -0.2) is 4.90 Å². The number of imide groups is 1. The van der Waals surface area contributed by atoms with Crippen molar-refractivity contribution in [2.45, 2.75) is 13.3 Å². The van der Waals surface area contributed by atoms with Crippen molar-refractivity contribution in [3.05, 3.63) is 40.4 Å². The summed E-state index contributed by atoms with van der Waals surface area (Å²) in [6.07, 6.45) is 5.08. The lowest BCUT2D eigenvalue weighted by Gasteiger charge is -2.28. The van der Waals surface area contributed by atoms with Crippen LogP contribution in [0.25, 0.3) is 0 Å². The van der Waals surface area contributed by atoms with Crippen molar-refractivity contribution < 1.29 is 9.59 Å². The molecule has 0 spiro atoms. The van der Waals surface area contributed by atoms with Crippen LogP contribution in [-0.2, 0) is 9.59 Å². The van der Waals surface area contributed by atoms with Gasteiger partial charge in [0.1, 0.15) is 0 Å². The molecule has 0 radical (unpaired) electrons. The van der Waals surface area contributed by atoms with E-state index in [9.17, 15) is 9.59 Å². The summed E-state index contributed by atoms with van der Waals surface area (Å²) in [5, 5.41) is 0.755. The van der Waals surface area contributed by atoms with Gasteiger partial charge in [0.25, 0.3) is 0 Å². The molecule has 21 heavy (non-hydrogen) atoms. The summed E-state index contributed by atoms with van der Waals surface area (Å²) in [7, 11) is 0. The fraction of sp³-hybridized carbons (Fsp3) is 0.375. The quantitative estimate of drug-likeness (QED) is 0.584. The Balaban J connectivity index is 1.81. The maximum Gasteiger partial charge on any atom is 0.241 e. The molecular weight excluding hydrogens is 309 g/mol. The second-order valence-corrected chi connectivity index (χ2v) is 7.04. The van der Waals surface area contributed by atoms with Crippen molar-refractivity contribution in [2.75, 3.05) is 4.90 Å². The smallest absolute Gasteiger partial charge is 0.241 e. The molecule has 3 nitrogen and oxygen atoms in total. The van der Waals surface area contributed by atoms with Crippen LogP contribution in [0.5, 0.6) is 0 Å². The van der Waals surface area contributed by atoms with Gasteiger partial charge in [-0.05, 0) is 43.4 Å². The number of carbonyl (C=O) groups is 2. The fourth-order valence-electron chi connectivity index (χ4n) is 4.17. The first-order chi connectivity index (χ1) is 9.94. The van der Waals surface area contributed by atoms with Crippen LogP contribution in [0.15, 0.2) is 30.4 Å². The van der Waals surface area contributed by atoms with Crippen molar-refractivity contribution in [1.82, 2.24) is 0 Å². The highest BCUT2D eigenvalue weighted by molar-refractivity contribution is 6.42. The molecule has 1 aromatic carbocycles. The molecule has 2 bridgehead atoms. The van der Waals surface area contributed by atoms with E-state index >= 15 is 0 Å². The van der Waals surface area contributed by atoms with Gasteiger partial charge in [0, 0.05) is 0 Å². The molecule has 0 aromatic heterocycles. The van der Waals surface area contributed by atoms with Gasteiger partial charge in [0.05, 0.1) is 27.1 Å². The van der Waals surface area contributed by atoms with Crippen molar-refractivity contribution in [3.63, 3.8) is 0 Å². The number of rotatable bonds is 1. The Hall–Kier alpha value is -1.32. The van der Waals surface area contributed by atoms with E-state index in [4.69, 9.17) is 23.2 Å². The summed E-state index contributed by atoms with van der Waals surface area (Å²) >= 11 is 11.9. The Morgan fingerprint density at radius 1 is 1.19 bits per heavy atom. The van der Waals surface area contributed by atoms with Gasteiger partial charge in [0.2, 0.25) is 11.8 Å². The molecule has 0 N–H and O–H groups in total. The van der Waals surface area contributed by atoms with E-state index in [1.165, 1.54) is 4.90 Å². The minimum atomic E-state index is -0.609. The van der Waals surface area contributed by atoms with Crippen molar-refractivity contribution >= 4 is 40.7 Å². The maximum atomic E-state index is 12.9. The van der Waals surface area contributed by atoms with Crippen LogP contribution in [0.4, 0.5) is 5.69 Å². The molecule has 2 amide bonds. The summed E-state index contributed by atoms with van der Waals surface area (Å²) in [6, 6.07) is 4.87. The first-order valence-electron chi connectivity index (χ1n) is 6.96. The number of fused-ring (bicyclic) bond motifs is 5. The van der Waals surface area contributed by atoms with Crippen molar-refractivity contribution in [1.29, 1.82) is 0 Å². The zero-order valence-corrected chi connectivity index (χ0v) is 12.9. The zero-order valence-electron chi connectivity index (χ0n) is 11.3. The Kier molecular flexibility index (Phi) is 2.61. The third-order valence-electron chi connectivity index (χ3n) is 5.27. The molecule has 3 aliphatic rings. The first kappa shape index (κ1) is 13.4. The normalized spacial score (nSPS) is 36.7.